The molecule has 2 atom stereocenters. The number of esters is 1. The number of hydrogen-bond donors (Lipinski definition) is 0. The maximum atomic E-state index is 11.3. The number of methoxy groups -OCH3 is 1. The van der Waals surface area contributed by atoms with E-state index in [0.29, 0.717) is 0 Å². The zero-order chi connectivity index (χ0) is 11.4. The van der Waals surface area contributed by atoms with E-state index < -0.39 is 6.10 Å². The smallest absolute Gasteiger partial charge is 0.339 e. The molecule has 1 aliphatic rings. The van der Waals surface area contributed by atoms with Crippen LogP contribution in [-0.4, -0.2) is 19.2 Å². The zero-order valence-corrected chi connectivity index (χ0v) is 9.13. The van der Waals surface area contributed by atoms with Gasteiger partial charge >= 0.3 is 5.97 Å². The zero-order valence-electron chi connectivity index (χ0n) is 9.13. The normalized spacial score (nSPS) is 24.1. The SMILES string of the molecule is COC(=O)[C@H]1C=CC[C@@H](c2ccccc2)O1. The second-order valence-corrected chi connectivity index (χ2v) is 3.64. The second kappa shape index (κ2) is 4.94. The lowest BCUT2D eigenvalue weighted by atomic mass is 10.0. The minimum atomic E-state index is -0.580. The molecule has 2 rings (SSSR count). The fourth-order valence-corrected chi connectivity index (χ4v) is 1.74. The van der Waals surface area contributed by atoms with Crippen molar-refractivity contribution in [1.29, 1.82) is 0 Å². The maximum Gasteiger partial charge on any atom is 0.339 e. The van der Waals surface area contributed by atoms with Gasteiger partial charge in [-0.15, -0.1) is 0 Å². The summed E-state index contributed by atoms with van der Waals surface area (Å²) in [6, 6.07) is 9.88. The van der Waals surface area contributed by atoms with Crippen LogP contribution in [0.2, 0.25) is 0 Å². The van der Waals surface area contributed by atoms with Gasteiger partial charge in [0.15, 0.2) is 6.10 Å². The number of carbonyl (C=O) groups is 1. The van der Waals surface area contributed by atoms with Gasteiger partial charge in [0, 0.05) is 0 Å². The molecule has 1 aliphatic heterocycles. The lowest BCUT2D eigenvalue weighted by molar-refractivity contribution is -0.155. The molecule has 16 heavy (non-hydrogen) atoms. The van der Waals surface area contributed by atoms with Crippen LogP contribution in [0.25, 0.3) is 0 Å². The predicted molar refractivity (Wildman–Crippen MR) is 59.8 cm³/mol. The van der Waals surface area contributed by atoms with Gasteiger partial charge in [-0.2, -0.15) is 0 Å². The van der Waals surface area contributed by atoms with Crippen molar-refractivity contribution in [3.8, 4) is 0 Å². The number of carbonyl (C=O) groups excluding carboxylic acids is 1. The molecule has 0 radical (unpaired) electrons. The van der Waals surface area contributed by atoms with Crippen LogP contribution in [0.4, 0.5) is 0 Å². The molecule has 84 valence electrons. The van der Waals surface area contributed by atoms with Crippen LogP contribution in [0.3, 0.4) is 0 Å². The largest absolute Gasteiger partial charge is 0.467 e. The molecule has 0 saturated carbocycles. The third-order valence-corrected chi connectivity index (χ3v) is 2.58. The second-order valence-electron chi connectivity index (χ2n) is 3.64. The van der Waals surface area contributed by atoms with E-state index >= 15 is 0 Å². The molecule has 0 aliphatic carbocycles. The van der Waals surface area contributed by atoms with Crippen molar-refractivity contribution in [3.05, 3.63) is 48.0 Å². The van der Waals surface area contributed by atoms with Crippen molar-refractivity contribution in [2.45, 2.75) is 18.6 Å². The van der Waals surface area contributed by atoms with Crippen LogP contribution in [0, 0.1) is 0 Å². The van der Waals surface area contributed by atoms with E-state index in [-0.39, 0.29) is 12.1 Å². The van der Waals surface area contributed by atoms with Crippen molar-refractivity contribution in [3.63, 3.8) is 0 Å². The average molecular weight is 218 g/mol. The van der Waals surface area contributed by atoms with Crippen LogP contribution in [0.1, 0.15) is 18.1 Å². The molecular formula is C13H14O3. The minimum absolute atomic E-state index is 0.0599. The highest BCUT2D eigenvalue weighted by Gasteiger charge is 2.25. The van der Waals surface area contributed by atoms with E-state index in [1.54, 1.807) is 6.08 Å². The van der Waals surface area contributed by atoms with E-state index in [4.69, 9.17) is 4.74 Å². The molecule has 3 heteroatoms. The molecular weight excluding hydrogens is 204 g/mol. The minimum Gasteiger partial charge on any atom is -0.467 e. The third-order valence-electron chi connectivity index (χ3n) is 2.58. The molecule has 0 saturated heterocycles. The van der Waals surface area contributed by atoms with E-state index in [1.165, 1.54) is 7.11 Å². The van der Waals surface area contributed by atoms with Gasteiger partial charge < -0.3 is 9.47 Å². The molecule has 0 amide bonds. The molecule has 1 aromatic carbocycles. The van der Waals surface area contributed by atoms with E-state index in [2.05, 4.69) is 4.74 Å². The number of rotatable bonds is 2. The van der Waals surface area contributed by atoms with Gasteiger partial charge in [-0.3, -0.25) is 0 Å². The summed E-state index contributed by atoms with van der Waals surface area (Å²) >= 11 is 0. The summed E-state index contributed by atoms with van der Waals surface area (Å²) in [6.07, 6.45) is 3.85. The van der Waals surface area contributed by atoms with Crippen molar-refractivity contribution >= 4 is 5.97 Å². The summed E-state index contributed by atoms with van der Waals surface area (Å²) in [6.45, 7) is 0. The molecule has 0 aromatic heterocycles. The van der Waals surface area contributed by atoms with Crippen molar-refractivity contribution in [1.82, 2.24) is 0 Å². The van der Waals surface area contributed by atoms with E-state index in [9.17, 15) is 4.79 Å². The van der Waals surface area contributed by atoms with E-state index in [1.807, 2.05) is 36.4 Å². The first kappa shape index (κ1) is 10.9. The summed E-state index contributed by atoms with van der Waals surface area (Å²) in [7, 11) is 1.37. The van der Waals surface area contributed by atoms with Crippen molar-refractivity contribution in [2.75, 3.05) is 7.11 Å². The summed E-state index contributed by atoms with van der Waals surface area (Å²) < 4.78 is 10.3. The van der Waals surface area contributed by atoms with Crippen molar-refractivity contribution < 1.29 is 14.3 Å². The van der Waals surface area contributed by atoms with Crippen LogP contribution < -0.4 is 0 Å². The fraction of sp³-hybridized carbons (Fsp3) is 0.308. The standard InChI is InChI=1S/C13H14O3/c1-15-13(14)12-9-5-8-11(16-12)10-6-3-2-4-7-10/h2-7,9,11-12H,8H2,1H3/t11-,12+/m0/s1. The van der Waals surface area contributed by atoms with Crippen LogP contribution in [0.5, 0.6) is 0 Å². The van der Waals surface area contributed by atoms with Gasteiger partial charge in [0.1, 0.15) is 0 Å². The molecule has 0 unspecified atom stereocenters. The van der Waals surface area contributed by atoms with Gasteiger partial charge in [0.2, 0.25) is 0 Å². The van der Waals surface area contributed by atoms with Gasteiger partial charge in [0.05, 0.1) is 13.2 Å². The Morgan fingerprint density at radius 3 is 2.81 bits per heavy atom. The number of ether oxygens (including phenoxy) is 2. The number of hydrogen-bond acceptors (Lipinski definition) is 3. The predicted octanol–water partition coefficient (Wildman–Crippen LogP) is 2.25. The first-order chi connectivity index (χ1) is 7.81. The Balaban J connectivity index is 2.10. The van der Waals surface area contributed by atoms with Gasteiger partial charge in [-0.1, -0.05) is 36.4 Å². The lowest BCUT2D eigenvalue weighted by Gasteiger charge is -2.24. The quantitative estimate of drug-likeness (QED) is 0.564. The average Bonchev–Trinajstić information content (AvgIpc) is 2.39. The Labute approximate surface area is 94.7 Å². The first-order valence-corrected chi connectivity index (χ1v) is 5.26. The Hall–Kier alpha value is -1.61. The highest BCUT2D eigenvalue weighted by atomic mass is 16.6. The lowest BCUT2D eigenvalue weighted by Crippen LogP contribution is -2.27. The van der Waals surface area contributed by atoms with Gasteiger partial charge in [-0.25, -0.2) is 4.79 Å². The first-order valence-electron chi connectivity index (χ1n) is 5.26. The third kappa shape index (κ3) is 2.31. The van der Waals surface area contributed by atoms with Gasteiger partial charge in [-0.05, 0) is 18.1 Å². The molecule has 0 spiro atoms. The summed E-state index contributed by atoms with van der Waals surface area (Å²) in [4.78, 5) is 11.3. The summed E-state index contributed by atoms with van der Waals surface area (Å²) in [5, 5.41) is 0. The maximum absolute atomic E-state index is 11.3. The monoisotopic (exact) mass is 218 g/mol. The molecule has 0 N–H and O–H groups in total. The van der Waals surface area contributed by atoms with Crippen LogP contribution >= 0.6 is 0 Å². The van der Waals surface area contributed by atoms with Crippen molar-refractivity contribution in [2.24, 2.45) is 0 Å². The van der Waals surface area contributed by atoms with Crippen LogP contribution in [-0.2, 0) is 14.3 Å². The highest BCUT2D eigenvalue weighted by Crippen LogP contribution is 2.27. The Bertz CT molecular complexity index is 383. The Kier molecular flexibility index (Phi) is 3.37. The summed E-state index contributed by atoms with van der Waals surface area (Å²) in [5.74, 6) is -0.350. The molecule has 0 bridgehead atoms. The molecule has 3 nitrogen and oxygen atoms in total. The van der Waals surface area contributed by atoms with Gasteiger partial charge in [0.25, 0.3) is 0 Å². The summed E-state index contributed by atoms with van der Waals surface area (Å²) in [5.41, 5.74) is 1.08. The highest BCUT2D eigenvalue weighted by molar-refractivity contribution is 5.76. The number of benzene rings is 1. The molecule has 0 fully saturated rings. The van der Waals surface area contributed by atoms with E-state index in [0.717, 1.165) is 12.0 Å². The Morgan fingerprint density at radius 1 is 1.38 bits per heavy atom. The molecule has 1 heterocycles. The molecule has 1 aromatic rings. The topological polar surface area (TPSA) is 35.5 Å². The fourth-order valence-electron chi connectivity index (χ4n) is 1.74. The van der Waals surface area contributed by atoms with Crippen LogP contribution in [0.15, 0.2) is 42.5 Å². The Morgan fingerprint density at radius 2 is 2.12 bits per heavy atom.